The molecule has 4 nitrogen and oxygen atoms in total. The van der Waals surface area contributed by atoms with E-state index < -0.39 is 6.61 Å². The summed E-state index contributed by atoms with van der Waals surface area (Å²) in [6.45, 7) is 3.15. The number of hydrogen-bond donors (Lipinski definition) is 2. The van der Waals surface area contributed by atoms with Crippen LogP contribution in [0.4, 0.5) is 8.78 Å². The summed E-state index contributed by atoms with van der Waals surface area (Å²) in [4.78, 5) is 12.3. The molecule has 142 valence electrons. The van der Waals surface area contributed by atoms with E-state index in [2.05, 4.69) is 22.3 Å². The molecule has 1 heterocycles. The molecule has 1 saturated heterocycles. The van der Waals surface area contributed by atoms with Crippen molar-refractivity contribution >= 4 is 18.3 Å². The molecule has 7 heteroatoms. The SMILES string of the molecule is CC(NC(=O)CC(C)C1CCNCC1)c1cccc(OC(F)F)c1.Cl. The number of rotatable bonds is 7. The second-order valence-corrected chi connectivity index (χ2v) is 6.51. The van der Waals surface area contributed by atoms with Gasteiger partial charge in [-0.1, -0.05) is 19.1 Å². The van der Waals surface area contributed by atoms with E-state index >= 15 is 0 Å². The highest BCUT2D eigenvalue weighted by Gasteiger charge is 2.22. The van der Waals surface area contributed by atoms with E-state index in [-0.39, 0.29) is 30.1 Å². The van der Waals surface area contributed by atoms with Gasteiger partial charge in [-0.05, 0) is 62.4 Å². The van der Waals surface area contributed by atoms with Crippen LogP contribution in [0.25, 0.3) is 0 Å². The number of amides is 1. The molecule has 0 aliphatic carbocycles. The van der Waals surface area contributed by atoms with Gasteiger partial charge in [-0.2, -0.15) is 8.78 Å². The molecule has 0 spiro atoms. The highest BCUT2D eigenvalue weighted by molar-refractivity contribution is 5.85. The van der Waals surface area contributed by atoms with Gasteiger partial charge in [0.2, 0.25) is 5.91 Å². The molecule has 2 unspecified atom stereocenters. The summed E-state index contributed by atoms with van der Waals surface area (Å²) in [5, 5.41) is 6.28. The molecule has 2 N–H and O–H groups in total. The minimum absolute atomic E-state index is 0. The second-order valence-electron chi connectivity index (χ2n) is 6.51. The molecule has 1 amide bonds. The predicted molar refractivity (Wildman–Crippen MR) is 96.3 cm³/mol. The summed E-state index contributed by atoms with van der Waals surface area (Å²) in [6.07, 6.45) is 2.70. The largest absolute Gasteiger partial charge is 0.435 e. The Balaban J connectivity index is 0.00000312. The average Bonchev–Trinajstić information content (AvgIpc) is 2.55. The first kappa shape index (κ1) is 21.6. The minimum Gasteiger partial charge on any atom is -0.435 e. The zero-order chi connectivity index (χ0) is 17.5. The van der Waals surface area contributed by atoms with Crippen molar-refractivity contribution in [1.82, 2.24) is 10.6 Å². The lowest BCUT2D eigenvalue weighted by atomic mass is 9.84. The summed E-state index contributed by atoms with van der Waals surface area (Å²) in [6, 6.07) is 6.20. The fourth-order valence-electron chi connectivity index (χ4n) is 3.22. The topological polar surface area (TPSA) is 50.4 Å². The fourth-order valence-corrected chi connectivity index (χ4v) is 3.22. The highest BCUT2D eigenvalue weighted by atomic mass is 35.5. The van der Waals surface area contributed by atoms with Gasteiger partial charge in [-0.15, -0.1) is 12.4 Å². The second kappa shape index (κ2) is 10.6. The van der Waals surface area contributed by atoms with Crippen LogP contribution in [0, 0.1) is 11.8 Å². The monoisotopic (exact) mass is 376 g/mol. The number of piperidine rings is 1. The van der Waals surface area contributed by atoms with Crippen LogP contribution in [0.15, 0.2) is 24.3 Å². The number of nitrogens with one attached hydrogen (secondary N) is 2. The van der Waals surface area contributed by atoms with E-state index in [0.717, 1.165) is 31.5 Å². The first-order chi connectivity index (χ1) is 11.5. The average molecular weight is 377 g/mol. The maximum absolute atomic E-state index is 12.3. The van der Waals surface area contributed by atoms with Crippen molar-refractivity contribution in [2.24, 2.45) is 11.8 Å². The van der Waals surface area contributed by atoms with Crippen molar-refractivity contribution in [3.63, 3.8) is 0 Å². The number of carbonyl (C=O) groups excluding carboxylic acids is 1. The number of halogens is 3. The molecule has 0 bridgehead atoms. The third-order valence-corrected chi connectivity index (χ3v) is 4.66. The van der Waals surface area contributed by atoms with Crippen molar-refractivity contribution < 1.29 is 18.3 Å². The first-order valence-corrected chi connectivity index (χ1v) is 8.50. The highest BCUT2D eigenvalue weighted by Crippen LogP contribution is 2.25. The van der Waals surface area contributed by atoms with Crippen molar-refractivity contribution in [1.29, 1.82) is 0 Å². The van der Waals surface area contributed by atoms with Gasteiger partial charge in [0.05, 0.1) is 6.04 Å². The van der Waals surface area contributed by atoms with E-state index in [9.17, 15) is 13.6 Å². The fraction of sp³-hybridized carbons (Fsp3) is 0.611. The Morgan fingerprint density at radius 1 is 1.32 bits per heavy atom. The van der Waals surface area contributed by atoms with E-state index in [4.69, 9.17) is 0 Å². The van der Waals surface area contributed by atoms with Crippen LogP contribution in [0.3, 0.4) is 0 Å². The van der Waals surface area contributed by atoms with Crippen molar-refractivity contribution in [2.45, 2.75) is 45.8 Å². The van der Waals surface area contributed by atoms with Crippen LogP contribution >= 0.6 is 12.4 Å². The molecule has 1 aliphatic rings. The number of benzene rings is 1. The van der Waals surface area contributed by atoms with E-state index in [1.807, 2.05) is 6.92 Å². The third kappa shape index (κ3) is 7.16. The molecular weight excluding hydrogens is 350 g/mol. The molecule has 25 heavy (non-hydrogen) atoms. The van der Waals surface area contributed by atoms with Gasteiger partial charge in [-0.3, -0.25) is 4.79 Å². The predicted octanol–water partition coefficient (Wildman–Crippen LogP) is 3.91. The van der Waals surface area contributed by atoms with E-state index in [1.54, 1.807) is 12.1 Å². The van der Waals surface area contributed by atoms with Gasteiger partial charge in [0.15, 0.2) is 0 Å². The maximum atomic E-state index is 12.3. The van der Waals surface area contributed by atoms with Crippen LogP contribution in [0.1, 0.15) is 44.7 Å². The maximum Gasteiger partial charge on any atom is 0.387 e. The zero-order valence-electron chi connectivity index (χ0n) is 14.6. The molecule has 1 fully saturated rings. The van der Waals surface area contributed by atoms with Crippen molar-refractivity contribution in [2.75, 3.05) is 13.1 Å². The molecule has 0 radical (unpaired) electrons. The van der Waals surface area contributed by atoms with Crippen LogP contribution < -0.4 is 15.4 Å². The summed E-state index contributed by atoms with van der Waals surface area (Å²) >= 11 is 0. The molecular formula is C18H27ClF2N2O2. The molecule has 2 atom stereocenters. The van der Waals surface area contributed by atoms with E-state index in [0.29, 0.717) is 18.3 Å². The lowest BCUT2D eigenvalue weighted by molar-refractivity contribution is -0.123. The summed E-state index contributed by atoms with van der Waals surface area (Å²) in [5.74, 6) is 1.02. The third-order valence-electron chi connectivity index (χ3n) is 4.66. The summed E-state index contributed by atoms with van der Waals surface area (Å²) < 4.78 is 29.0. The standard InChI is InChI=1S/C18H26F2N2O2.ClH/c1-12(14-6-8-21-9-7-14)10-17(23)22-13(2)15-4-3-5-16(11-15)24-18(19)20;/h3-5,11-14,18,21H,6-10H2,1-2H3,(H,22,23);1H. The van der Waals surface area contributed by atoms with Gasteiger partial charge in [-0.25, -0.2) is 0 Å². The Morgan fingerprint density at radius 3 is 2.64 bits per heavy atom. The minimum atomic E-state index is -2.85. The van der Waals surface area contributed by atoms with Gasteiger partial charge in [0, 0.05) is 6.42 Å². The summed E-state index contributed by atoms with van der Waals surface area (Å²) in [5.41, 5.74) is 0.746. The van der Waals surface area contributed by atoms with Gasteiger partial charge >= 0.3 is 6.61 Å². The van der Waals surface area contributed by atoms with Gasteiger partial charge < -0.3 is 15.4 Å². The van der Waals surface area contributed by atoms with Crippen molar-refractivity contribution in [3.8, 4) is 5.75 Å². The normalized spacial score (nSPS) is 17.5. The Morgan fingerprint density at radius 2 is 2.00 bits per heavy atom. The number of alkyl halides is 2. The quantitative estimate of drug-likeness (QED) is 0.758. The lowest BCUT2D eigenvalue weighted by Gasteiger charge is -2.28. The number of hydrogen-bond acceptors (Lipinski definition) is 3. The molecule has 1 aromatic carbocycles. The molecule has 1 aromatic rings. The molecule has 0 aromatic heterocycles. The molecule has 2 rings (SSSR count). The number of ether oxygens (including phenoxy) is 1. The zero-order valence-corrected chi connectivity index (χ0v) is 15.5. The number of carbonyl (C=O) groups is 1. The molecule has 0 saturated carbocycles. The lowest BCUT2D eigenvalue weighted by Crippen LogP contribution is -2.34. The Kier molecular flexibility index (Phi) is 9.14. The first-order valence-electron chi connectivity index (χ1n) is 8.50. The van der Waals surface area contributed by atoms with Gasteiger partial charge in [0.1, 0.15) is 5.75 Å². The van der Waals surface area contributed by atoms with Crippen LogP contribution in [-0.2, 0) is 4.79 Å². The van der Waals surface area contributed by atoms with Crippen LogP contribution in [0.5, 0.6) is 5.75 Å². The van der Waals surface area contributed by atoms with Crippen LogP contribution in [0.2, 0.25) is 0 Å². The molecule has 1 aliphatic heterocycles. The Hall–Kier alpha value is -1.40. The van der Waals surface area contributed by atoms with Crippen LogP contribution in [-0.4, -0.2) is 25.6 Å². The Bertz CT molecular complexity index is 540. The smallest absolute Gasteiger partial charge is 0.387 e. The van der Waals surface area contributed by atoms with Gasteiger partial charge in [0.25, 0.3) is 0 Å². The van der Waals surface area contributed by atoms with Crippen molar-refractivity contribution in [3.05, 3.63) is 29.8 Å². The van der Waals surface area contributed by atoms with E-state index in [1.165, 1.54) is 12.1 Å². The Labute approximate surface area is 154 Å². The summed E-state index contributed by atoms with van der Waals surface area (Å²) in [7, 11) is 0.